The van der Waals surface area contributed by atoms with Gasteiger partial charge in [-0.25, -0.2) is 4.39 Å². The molecule has 2 nitrogen and oxygen atoms in total. The molecule has 0 radical (unpaired) electrons. The second kappa shape index (κ2) is 7.23. The van der Waals surface area contributed by atoms with E-state index in [1.54, 1.807) is 19.1 Å². The number of aryl methyl sites for hydroxylation is 1. The van der Waals surface area contributed by atoms with Crippen molar-refractivity contribution in [1.29, 1.82) is 0 Å². The van der Waals surface area contributed by atoms with Crippen molar-refractivity contribution in [3.05, 3.63) is 35.1 Å². The molecule has 0 bridgehead atoms. The Kier molecular flexibility index (Phi) is 5.61. The van der Waals surface area contributed by atoms with Gasteiger partial charge in [0.05, 0.1) is 0 Å². The fourth-order valence-corrected chi connectivity index (χ4v) is 3.65. The fourth-order valence-electron chi connectivity index (χ4n) is 2.40. The number of ketones is 1. The molecule has 0 spiro atoms. The number of carbonyl (C=O) groups is 1. The van der Waals surface area contributed by atoms with Gasteiger partial charge in [-0.3, -0.25) is 4.79 Å². The highest BCUT2D eigenvalue weighted by Crippen LogP contribution is 2.21. The maximum Gasteiger partial charge on any atom is 0.164 e. The minimum atomic E-state index is -0.295. The normalized spacial score (nSPS) is 20.1. The zero-order valence-corrected chi connectivity index (χ0v) is 13.0. The van der Waals surface area contributed by atoms with Gasteiger partial charge in [0.15, 0.2) is 5.78 Å². The molecule has 0 amide bonds. The fraction of sp³-hybridized carbons (Fsp3) is 0.562. The average molecular weight is 295 g/mol. The number of nitrogens with zero attached hydrogens (tertiary/aromatic N) is 1. The molecule has 4 heteroatoms. The molecule has 0 aromatic heterocycles. The molecule has 0 aliphatic carbocycles. The van der Waals surface area contributed by atoms with Crippen molar-refractivity contribution >= 4 is 17.5 Å². The molecule has 1 atom stereocenters. The van der Waals surface area contributed by atoms with Gasteiger partial charge in [0.25, 0.3) is 0 Å². The lowest BCUT2D eigenvalue weighted by Gasteiger charge is -2.31. The molecule has 1 aromatic rings. The summed E-state index contributed by atoms with van der Waals surface area (Å²) in [6.07, 6.45) is 1.65. The smallest absolute Gasteiger partial charge is 0.164 e. The average Bonchev–Trinajstić information content (AvgIpc) is 2.47. The summed E-state index contributed by atoms with van der Waals surface area (Å²) >= 11 is 2.02. The van der Waals surface area contributed by atoms with Crippen molar-refractivity contribution in [2.45, 2.75) is 31.9 Å². The number of halogens is 1. The van der Waals surface area contributed by atoms with Crippen LogP contribution in [0.2, 0.25) is 0 Å². The molecule has 20 heavy (non-hydrogen) atoms. The first-order chi connectivity index (χ1) is 9.60. The lowest BCUT2D eigenvalue weighted by Crippen LogP contribution is -2.38. The Hall–Kier alpha value is -0.870. The summed E-state index contributed by atoms with van der Waals surface area (Å²) in [7, 11) is 0. The highest BCUT2D eigenvalue weighted by Gasteiger charge is 2.19. The zero-order chi connectivity index (χ0) is 14.5. The molecule has 1 unspecified atom stereocenters. The van der Waals surface area contributed by atoms with Crippen molar-refractivity contribution in [2.75, 3.05) is 25.4 Å². The number of thioether (sulfide) groups is 1. The Labute approximate surface area is 124 Å². The first-order valence-electron chi connectivity index (χ1n) is 7.23. The zero-order valence-electron chi connectivity index (χ0n) is 12.2. The van der Waals surface area contributed by atoms with E-state index in [0.29, 0.717) is 22.8 Å². The molecular formula is C16H22FNOS. The largest absolute Gasteiger partial charge is 0.301 e. The van der Waals surface area contributed by atoms with E-state index in [4.69, 9.17) is 0 Å². The molecule has 1 aliphatic rings. The van der Waals surface area contributed by atoms with Crippen LogP contribution in [0.3, 0.4) is 0 Å². The topological polar surface area (TPSA) is 20.3 Å². The van der Waals surface area contributed by atoms with Crippen molar-refractivity contribution < 1.29 is 9.18 Å². The van der Waals surface area contributed by atoms with Crippen LogP contribution in [0.15, 0.2) is 18.2 Å². The maximum atomic E-state index is 13.5. The summed E-state index contributed by atoms with van der Waals surface area (Å²) in [6.45, 7) is 6.82. The molecule has 1 heterocycles. The second-order valence-corrected chi connectivity index (χ2v) is 6.75. The Morgan fingerprint density at radius 3 is 3.00 bits per heavy atom. The third kappa shape index (κ3) is 4.06. The molecule has 1 aliphatic heterocycles. The van der Waals surface area contributed by atoms with E-state index in [0.717, 1.165) is 25.4 Å². The Morgan fingerprint density at radius 1 is 1.50 bits per heavy atom. The van der Waals surface area contributed by atoms with Crippen molar-refractivity contribution in [1.82, 2.24) is 4.90 Å². The lowest BCUT2D eigenvalue weighted by molar-refractivity contribution is 0.0964. The highest BCUT2D eigenvalue weighted by molar-refractivity contribution is 8.00. The van der Waals surface area contributed by atoms with Gasteiger partial charge < -0.3 is 4.90 Å². The number of hydrogen-bond donors (Lipinski definition) is 0. The molecule has 0 saturated carbocycles. The number of carbonyl (C=O) groups excluding carboxylic acids is 1. The van der Waals surface area contributed by atoms with Gasteiger partial charge in [-0.15, -0.1) is 0 Å². The second-order valence-electron chi connectivity index (χ2n) is 5.34. The van der Waals surface area contributed by atoms with E-state index in [1.165, 1.54) is 12.5 Å². The molecule has 0 N–H and O–H groups in total. The summed E-state index contributed by atoms with van der Waals surface area (Å²) in [4.78, 5) is 14.5. The Bertz CT molecular complexity index is 478. The van der Waals surface area contributed by atoms with Crippen molar-refractivity contribution in [3.8, 4) is 0 Å². The van der Waals surface area contributed by atoms with E-state index in [1.807, 2.05) is 11.8 Å². The van der Waals surface area contributed by atoms with Crippen LogP contribution in [0.4, 0.5) is 4.39 Å². The van der Waals surface area contributed by atoms with Crippen LogP contribution in [-0.4, -0.2) is 41.3 Å². The number of rotatable bonds is 5. The van der Waals surface area contributed by atoms with Crippen LogP contribution in [0.5, 0.6) is 0 Å². The number of hydrogen-bond acceptors (Lipinski definition) is 3. The number of Topliss-reactive ketones (excluding diaryl/α,β-unsaturated/α-hetero) is 1. The number of benzene rings is 1. The SMILES string of the molecule is CCC1CN(CCC(=O)c2ccc(C)c(F)c2)CCS1. The van der Waals surface area contributed by atoms with E-state index in [9.17, 15) is 9.18 Å². The molecule has 2 rings (SSSR count). The summed E-state index contributed by atoms with van der Waals surface area (Å²) < 4.78 is 13.5. The molecule has 1 fully saturated rings. The minimum absolute atomic E-state index is 0.0372. The summed E-state index contributed by atoms with van der Waals surface area (Å²) in [5, 5.41) is 0.690. The van der Waals surface area contributed by atoms with E-state index >= 15 is 0 Å². The van der Waals surface area contributed by atoms with Crippen LogP contribution >= 0.6 is 11.8 Å². The molecule has 110 valence electrons. The van der Waals surface area contributed by atoms with Crippen LogP contribution in [-0.2, 0) is 0 Å². The van der Waals surface area contributed by atoms with Crippen LogP contribution in [0, 0.1) is 12.7 Å². The first-order valence-corrected chi connectivity index (χ1v) is 8.28. The van der Waals surface area contributed by atoms with Gasteiger partial charge in [-0.2, -0.15) is 11.8 Å². The molecular weight excluding hydrogens is 273 g/mol. The van der Waals surface area contributed by atoms with Gasteiger partial charge in [-0.05, 0) is 25.0 Å². The predicted molar refractivity (Wildman–Crippen MR) is 83.1 cm³/mol. The summed E-state index contributed by atoms with van der Waals surface area (Å²) in [5.74, 6) is 0.887. The third-order valence-electron chi connectivity index (χ3n) is 3.83. The van der Waals surface area contributed by atoms with Gasteiger partial charge in [0, 0.05) is 42.6 Å². The van der Waals surface area contributed by atoms with Gasteiger partial charge >= 0.3 is 0 Å². The van der Waals surface area contributed by atoms with E-state index in [2.05, 4.69) is 11.8 Å². The minimum Gasteiger partial charge on any atom is -0.301 e. The van der Waals surface area contributed by atoms with E-state index in [-0.39, 0.29) is 11.6 Å². The van der Waals surface area contributed by atoms with Crippen LogP contribution < -0.4 is 0 Å². The van der Waals surface area contributed by atoms with E-state index < -0.39 is 0 Å². The highest BCUT2D eigenvalue weighted by atomic mass is 32.2. The third-order valence-corrected chi connectivity index (χ3v) is 5.20. The van der Waals surface area contributed by atoms with Crippen molar-refractivity contribution in [3.63, 3.8) is 0 Å². The van der Waals surface area contributed by atoms with Gasteiger partial charge in [0.2, 0.25) is 0 Å². The van der Waals surface area contributed by atoms with Gasteiger partial charge in [-0.1, -0.05) is 19.1 Å². The summed E-state index contributed by atoms with van der Waals surface area (Å²) in [6, 6.07) is 4.76. The maximum absolute atomic E-state index is 13.5. The quantitative estimate of drug-likeness (QED) is 0.775. The monoisotopic (exact) mass is 295 g/mol. The Balaban J connectivity index is 1.87. The molecule has 1 aromatic carbocycles. The predicted octanol–water partition coefficient (Wildman–Crippen LogP) is 3.53. The summed E-state index contributed by atoms with van der Waals surface area (Å²) in [5.41, 5.74) is 1.08. The van der Waals surface area contributed by atoms with Crippen LogP contribution in [0.1, 0.15) is 35.7 Å². The first kappa shape index (κ1) is 15.5. The standard InChI is InChI=1S/C16H22FNOS/c1-3-14-11-18(8-9-20-14)7-6-16(19)13-5-4-12(2)15(17)10-13/h4-5,10,14H,3,6-9,11H2,1-2H3. The van der Waals surface area contributed by atoms with Gasteiger partial charge in [0.1, 0.15) is 5.82 Å². The van der Waals surface area contributed by atoms with Crippen LogP contribution in [0.25, 0.3) is 0 Å². The van der Waals surface area contributed by atoms with Crippen molar-refractivity contribution in [2.24, 2.45) is 0 Å². The Morgan fingerprint density at radius 2 is 2.30 bits per heavy atom. The molecule has 1 saturated heterocycles. The lowest BCUT2D eigenvalue weighted by atomic mass is 10.1.